The van der Waals surface area contributed by atoms with Gasteiger partial charge in [0, 0.05) is 11.8 Å². The first-order valence-electron chi connectivity index (χ1n) is 7.19. The summed E-state index contributed by atoms with van der Waals surface area (Å²) in [6, 6.07) is 7.89. The number of rotatable bonds is 4. The van der Waals surface area contributed by atoms with Gasteiger partial charge in [0.1, 0.15) is 12.0 Å². The van der Waals surface area contributed by atoms with Gasteiger partial charge in [0.15, 0.2) is 11.4 Å². The van der Waals surface area contributed by atoms with E-state index in [0.29, 0.717) is 29.7 Å². The molecular formula is C16H13N5O2. The molecule has 0 spiro atoms. The van der Waals surface area contributed by atoms with Crippen molar-refractivity contribution in [3.8, 4) is 28.7 Å². The minimum absolute atomic E-state index is 0.445. The van der Waals surface area contributed by atoms with Crippen LogP contribution in [0.5, 0.6) is 6.01 Å². The van der Waals surface area contributed by atoms with Crippen molar-refractivity contribution in [3.63, 3.8) is 0 Å². The van der Waals surface area contributed by atoms with Crippen LogP contribution in [0.15, 0.2) is 47.5 Å². The van der Waals surface area contributed by atoms with E-state index in [1.807, 2.05) is 31.2 Å². The molecule has 7 nitrogen and oxygen atoms in total. The maximum Gasteiger partial charge on any atom is 0.296 e. The Bertz CT molecular complexity index is 932. The van der Waals surface area contributed by atoms with Gasteiger partial charge in [-0.3, -0.25) is 0 Å². The number of imidazole rings is 1. The molecule has 1 N–H and O–H groups in total. The van der Waals surface area contributed by atoms with Crippen molar-refractivity contribution in [2.45, 2.75) is 6.92 Å². The van der Waals surface area contributed by atoms with E-state index in [1.165, 1.54) is 6.33 Å². The second-order valence-electron chi connectivity index (χ2n) is 4.80. The zero-order valence-corrected chi connectivity index (χ0v) is 12.4. The van der Waals surface area contributed by atoms with Gasteiger partial charge < -0.3 is 14.1 Å². The predicted molar refractivity (Wildman–Crippen MR) is 83.8 cm³/mol. The van der Waals surface area contributed by atoms with Gasteiger partial charge in [0.05, 0.1) is 24.1 Å². The molecular weight excluding hydrogens is 294 g/mol. The third kappa shape index (κ3) is 2.42. The van der Waals surface area contributed by atoms with E-state index < -0.39 is 0 Å². The van der Waals surface area contributed by atoms with Crippen LogP contribution < -0.4 is 4.74 Å². The minimum Gasteiger partial charge on any atom is -0.465 e. The van der Waals surface area contributed by atoms with E-state index >= 15 is 0 Å². The topological polar surface area (TPSA) is 89.7 Å². The lowest BCUT2D eigenvalue weighted by Crippen LogP contribution is -1.92. The van der Waals surface area contributed by atoms with Gasteiger partial charge in [0.25, 0.3) is 6.01 Å². The lowest BCUT2D eigenvalue weighted by Gasteiger charge is -2.05. The summed E-state index contributed by atoms with van der Waals surface area (Å²) in [5, 5.41) is 0. The van der Waals surface area contributed by atoms with E-state index in [-0.39, 0.29) is 0 Å². The van der Waals surface area contributed by atoms with Gasteiger partial charge in [-0.05, 0) is 31.2 Å². The largest absolute Gasteiger partial charge is 0.465 e. The SMILES string of the molecule is CCOc1nc2nc(-c3ccco3)c(-c3ccncn3)cc2[nH]1. The summed E-state index contributed by atoms with van der Waals surface area (Å²) in [5.74, 6) is 0.654. The van der Waals surface area contributed by atoms with E-state index in [0.717, 1.165) is 16.8 Å². The number of nitrogens with one attached hydrogen (secondary N) is 1. The lowest BCUT2D eigenvalue weighted by atomic mass is 10.1. The highest BCUT2D eigenvalue weighted by atomic mass is 16.5. The molecule has 4 aromatic heterocycles. The van der Waals surface area contributed by atoms with Crippen LogP contribution in [0.2, 0.25) is 0 Å². The number of aromatic nitrogens is 5. The zero-order valence-electron chi connectivity index (χ0n) is 12.4. The van der Waals surface area contributed by atoms with Crippen LogP contribution in [-0.4, -0.2) is 31.5 Å². The average Bonchev–Trinajstić information content (AvgIpc) is 3.23. The number of furan rings is 1. The van der Waals surface area contributed by atoms with Crippen LogP contribution in [0.4, 0.5) is 0 Å². The maximum absolute atomic E-state index is 5.51. The molecule has 114 valence electrons. The lowest BCUT2D eigenvalue weighted by molar-refractivity contribution is 0.317. The molecule has 0 aliphatic carbocycles. The van der Waals surface area contributed by atoms with Gasteiger partial charge in [-0.1, -0.05) is 0 Å². The molecule has 4 rings (SSSR count). The third-order valence-corrected chi connectivity index (χ3v) is 3.34. The summed E-state index contributed by atoms with van der Waals surface area (Å²) in [5.41, 5.74) is 3.61. The summed E-state index contributed by atoms with van der Waals surface area (Å²) in [7, 11) is 0. The Morgan fingerprint density at radius 2 is 2.22 bits per heavy atom. The first-order valence-corrected chi connectivity index (χ1v) is 7.19. The van der Waals surface area contributed by atoms with Gasteiger partial charge >= 0.3 is 0 Å². The van der Waals surface area contributed by atoms with Crippen molar-refractivity contribution >= 4 is 11.2 Å². The molecule has 0 aromatic carbocycles. The second-order valence-corrected chi connectivity index (χ2v) is 4.80. The van der Waals surface area contributed by atoms with E-state index in [4.69, 9.17) is 9.15 Å². The molecule has 4 heterocycles. The van der Waals surface area contributed by atoms with Gasteiger partial charge in [-0.25, -0.2) is 15.0 Å². The summed E-state index contributed by atoms with van der Waals surface area (Å²) in [4.78, 5) is 20.3. The van der Waals surface area contributed by atoms with Crippen LogP contribution >= 0.6 is 0 Å². The highest BCUT2D eigenvalue weighted by Gasteiger charge is 2.16. The first kappa shape index (κ1) is 13.4. The number of ether oxygens (including phenoxy) is 1. The molecule has 23 heavy (non-hydrogen) atoms. The first-order chi connectivity index (χ1) is 11.3. The number of pyridine rings is 1. The van der Waals surface area contributed by atoms with Crippen molar-refractivity contribution < 1.29 is 9.15 Å². The summed E-state index contributed by atoms with van der Waals surface area (Å²) in [6.07, 6.45) is 4.81. The van der Waals surface area contributed by atoms with Crippen molar-refractivity contribution in [2.75, 3.05) is 6.61 Å². The van der Waals surface area contributed by atoms with E-state index in [1.54, 1.807) is 12.5 Å². The molecule has 0 aliphatic heterocycles. The summed E-state index contributed by atoms with van der Waals surface area (Å²) < 4.78 is 10.9. The van der Waals surface area contributed by atoms with Crippen LogP contribution in [-0.2, 0) is 0 Å². The number of hydrogen-bond donors (Lipinski definition) is 1. The van der Waals surface area contributed by atoms with Crippen molar-refractivity contribution in [3.05, 3.63) is 43.1 Å². The number of aromatic amines is 1. The van der Waals surface area contributed by atoms with Gasteiger partial charge in [-0.15, -0.1) is 0 Å². The Morgan fingerprint density at radius 1 is 1.26 bits per heavy atom. The quantitative estimate of drug-likeness (QED) is 0.623. The van der Waals surface area contributed by atoms with E-state index in [2.05, 4.69) is 24.9 Å². The Kier molecular flexibility index (Phi) is 3.23. The number of fused-ring (bicyclic) bond motifs is 1. The molecule has 0 aliphatic rings. The molecule has 4 aromatic rings. The van der Waals surface area contributed by atoms with Crippen LogP contribution in [0, 0.1) is 0 Å². The fourth-order valence-corrected chi connectivity index (χ4v) is 2.37. The molecule has 0 fully saturated rings. The normalized spacial score (nSPS) is 11.0. The van der Waals surface area contributed by atoms with Crippen molar-refractivity contribution in [1.82, 2.24) is 24.9 Å². The summed E-state index contributed by atoms with van der Waals surface area (Å²) in [6.45, 7) is 2.44. The van der Waals surface area contributed by atoms with Crippen LogP contribution in [0.1, 0.15) is 6.92 Å². The van der Waals surface area contributed by atoms with E-state index in [9.17, 15) is 0 Å². The number of nitrogens with zero attached hydrogens (tertiary/aromatic N) is 4. The van der Waals surface area contributed by atoms with Crippen LogP contribution in [0.25, 0.3) is 33.9 Å². The smallest absolute Gasteiger partial charge is 0.296 e. The second kappa shape index (κ2) is 5.53. The molecule has 0 saturated carbocycles. The van der Waals surface area contributed by atoms with Crippen LogP contribution in [0.3, 0.4) is 0 Å². The molecule has 0 unspecified atom stereocenters. The molecule has 0 amide bonds. The minimum atomic E-state index is 0.445. The number of hydrogen-bond acceptors (Lipinski definition) is 6. The molecule has 0 radical (unpaired) electrons. The highest BCUT2D eigenvalue weighted by Crippen LogP contribution is 2.32. The Labute approximate surface area is 131 Å². The van der Waals surface area contributed by atoms with Crippen molar-refractivity contribution in [2.24, 2.45) is 0 Å². The summed E-state index contributed by atoms with van der Waals surface area (Å²) >= 11 is 0. The molecule has 0 atom stereocenters. The predicted octanol–water partition coefficient (Wildman–Crippen LogP) is 3.07. The Hall–Kier alpha value is -3.22. The zero-order chi connectivity index (χ0) is 15.6. The third-order valence-electron chi connectivity index (χ3n) is 3.34. The highest BCUT2D eigenvalue weighted by molar-refractivity contribution is 5.86. The molecule has 0 bridgehead atoms. The number of H-pyrrole nitrogens is 1. The average molecular weight is 307 g/mol. The van der Waals surface area contributed by atoms with Gasteiger partial charge in [0.2, 0.25) is 0 Å². The maximum atomic E-state index is 5.51. The monoisotopic (exact) mass is 307 g/mol. The Morgan fingerprint density at radius 3 is 2.96 bits per heavy atom. The Balaban J connectivity index is 1.96. The van der Waals surface area contributed by atoms with Crippen molar-refractivity contribution in [1.29, 1.82) is 0 Å². The fraction of sp³-hybridized carbons (Fsp3) is 0.125. The fourth-order valence-electron chi connectivity index (χ4n) is 2.37. The molecule has 7 heteroatoms. The standard InChI is InChI=1S/C16H13N5O2/c1-2-22-16-19-12-8-10(11-5-6-17-9-18-11)14(20-15(12)21-16)13-4-3-7-23-13/h3-9H,2H2,1H3,(H,19,20,21). The van der Waals surface area contributed by atoms with Gasteiger partial charge in [-0.2, -0.15) is 4.98 Å². The molecule has 0 saturated heterocycles.